The number of benzene rings is 1. The summed E-state index contributed by atoms with van der Waals surface area (Å²) >= 11 is 0. The van der Waals surface area contributed by atoms with Crippen LogP contribution in [0.3, 0.4) is 0 Å². The molecule has 0 spiro atoms. The van der Waals surface area contributed by atoms with Gasteiger partial charge in [-0.3, -0.25) is 14.9 Å². The Kier molecular flexibility index (Phi) is 4.22. The minimum absolute atomic E-state index is 0.222. The van der Waals surface area contributed by atoms with E-state index in [-0.39, 0.29) is 10.8 Å². The minimum atomic E-state index is -0.691. The summed E-state index contributed by atoms with van der Waals surface area (Å²) in [6.07, 6.45) is 0.356. The number of amides is 1. The lowest BCUT2D eigenvalue weighted by Crippen LogP contribution is -2.28. The molecule has 1 amide bonds. The molecular formula is C14H19N3O3. The Morgan fingerprint density at radius 2 is 2.20 bits per heavy atom. The molecule has 2 rings (SSSR count). The highest BCUT2D eigenvalue weighted by Gasteiger charge is 2.53. The van der Waals surface area contributed by atoms with Crippen LogP contribution in [0.5, 0.6) is 0 Å². The van der Waals surface area contributed by atoms with Crippen molar-refractivity contribution in [1.29, 1.82) is 0 Å². The number of anilines is 1. The number of para-hydroxylation sites is 1. The van der Waals surface area contributed by atoms with Gasteiger partial charge in [0.2, 0.25) is 11.9 Å². The Morgan fingerprint density at radius 3 is 2.80 bits per heavy atom. The molecule has 0 aromatic heterocycles. The van der Waals surface area contributed by atoms with Gasteiger partial charge in [0.15, 0.2) is 0 Å². The second kappa shape index (κ2) is 5.90. The number of rotatable bonds is 6. The molecule has 1 aromatic carbocycles. The van der Waals surface area contributed by atoms with Gasteiger partial charge in [-0.15, -0.1) is 0 Å². The predicted octanol–water partition coefficient (Wildman–Crippen LogP) is 1.42. The first kappa shape index (κ1) is 14.3. The molecule has 0 radical (unpaired) electrons. The van der Waals surface area contributed by atoms with Gasteiger partial charge in [-0.25, -0.2) is 0 Å². The van der Waals surface area contributed by atoms with Crippen LogP contribution in [0.25, 0.3) is 0 Å². The van der Waals surface area contributed by atoms with Crippen LogP contribution >= 0.6 is 0 Å². The molecule has 1 N–H and O–H groups in total. The molecule has 1 aliphatic carbocycles. The summed E-state index contributed by atoms with van der Waals surface area (Å²) in [7, 11) is 1.99. The molecule has 1 saturated carbocycles. The van der Waals surface area contributed by atoms with E-state index in [0.717, 1.165) is 17.8 Å². The first-order valence-corrected chi connectivity index (χ1v) is 6.74. The van der Waals surface area contributed by atoms with Crippen LogP contribution in [0, 0.1) is 16.0 Å². The highest BCUT2D eigenvalue weighted by molar-refractivity contribution is 5.82. The molecule has 6 nitrogen and oxygen atoms in total. The van der Waals surface area contributed by atoms with E-state index in [2.05, 4.69) is 17.1 Å². The maximum atomic E-state index is 11.8. The topological polar surface area (TPSA) is 75.5 Å². The zero-order valence-electron chi connectivity index (χ0n) is 11.7. The van der Waals surface area contributed by atoms with E-state index < -0.39 is 12.0 Å². The summed E-state index contributed by atoms with van der Waals surface area (Å²) in [5, 5.41) is 13.3. The van der Waals surface area contributed by atoms with Crippen molar-refractivity contribution in [3.05, 3.63) is 39.9 Å². The Morgan fingerprint density at radius 1 is 1.50 bits per heavy atom. The highest BCUT2D eigenvalue weighted by atomic mass is 16.6. The van der Waals surface area contributed by atoms with Gasteiger partial charge in [0, 0.05) is 37.2 Å². The van der Waals surface area contributed by atoms with Crippen LogP contribution in [0.15, 0.2) is 24.3 Å². The molecule has 108 valence electrons. The van der Waals surface area contributed by atoms with Crippen molar-refractivity contribution in [2.45, 2.75) is 25.9 Å². The number of carbonyl (C=O) groups is 1. The Balaban J connectivity index is 1.95. The quantitative estimate of drug-likeness (QED) is 0.630. The molecule has 0 bridgehead atoms. The average molecular weight is 277 g/mol. The number of nitrogens with zero attached hydrogens (tertiary/aromatic N) is 2. The SMILES string of the molecule is CCN(C)c1ccccc1CNC(=O)[C@H]1C[C@@H]1[N+](=O)[O-]. The molecule has 1 aromatic rings. The molecule has 1 fully saturated rings. The van der Waals surface area contributed by atoms with E-state index in [1.54, 1.807) is 0 Å². The van der Waals surface area contributed by atoms with Gasteiger partial charge in [-0.05, 0) is 18.6 Å². The summed E-state index contributed by atoms with van der Waals surface area (Å²) in [6, 6.07) is 7.15. The van der Waals surface area contributed by atoms with Gasteiger partial charge >= 0.3 is 0 Å². The molecule has 1 aliphatic rings. The number of nitro groups is 1. The van der Waals surface area contributed by atoms with E-state index in [9.17, 15) is 14.9 Å². The minimum Gasteiger partial charge on any atom is -0.375 e. The van der Waals surface area contributed by atoms with E-state index >= 15 is 0 Å². The second-order valence-electron chi connectivity index (χ2n) is 5.06. The normalized spacial score (nSPS) is 20.3. The van der Waals surface area contributed by atoms with Crippen molar-refractivity contribution in [2.24, 2.45) is 5.92 Å². The third-order valence-corrected chi connectivity index (χ3v) is 3.69. The van der Waals surface area contributed by atoms with Crippen LogP contribution in [0.4, 0.5) is 5.69 Å². The number of carbonyl (C=O) groups excluding carboxylic acids is 1. The Hall–Kier alpha value is -2.11. The molecule has 6 heteroatoms. The molecular weight excluding hydrogens is 258 g/mol. The highest BCUT2D eigenvalue weighted by Crippen LogP contribution is 2.33. The van der Waals surface area contributed by atoms with Crippen LogP contribution in [0.2, 0.25) is 0 Å². The van der Waals surface area contributed by atoms with Crippen LogP contribution in [0.1, 0.15) is 18.9 Å². The fraction of sp³-hybridized carbons (Fsp3) is 0.500. The molecule has 2 atom stereocenters. The van der Waals surface area contributed by atoms with Crippen molar-refractivity contribution in [3.63, 3.8) is 0 Å². The Labute approximate surface area is 117 Å². The summed E-state index contributed by atoms with van der Waals surface area (Å²) in [6.45, 7) is 3.33. The molecule has 0 unspecified atom stereocenters. The molecule has 0 heterocycles. The average Bonchev–Trinajstić information content (AvgIpc) is 3.25. The second-order valence-corrected chi connectivity index (χ2v) is 5.06. The first-order valence-electron chi connectivity index (χ1n) is 6.74. The number of hydrogen-bond acceptors (Lipinski definition) is 4. The lowest BCUT2D eigenvalue weighted by atomic mass is 10.1. The van der Waals surface area contributed by atoms with Gasteiger partial charge in [0.1, 0.15) is 5.92 Å². The molecule has 0 saturated heterocycles. The monoisotopic (exact) mass is 277 g/mol. The van der Waals surface area contributed by atoms with Crippen LogP contribution < -0.4 is 10.2 Å². The van der Waals surface area contributed by atoms with E-state index in [1.807, 2.05) is 31.3 Å². The fourth-order valence-corrected chi connectivity index (χ4v) is 2.21. The van der Waals surface area contributed by atoms with E-state index in [4.69, 9.17) is 0 Å². The zero-order valence-corrected chi connectivity index (χ0v) is 11.7. The third kappa shape index (κ3) is 3.07. The summed E-state index contributed by atoms with van der Waals surface area (Å²) in [4.78, 5) is 24.1. The maximum Gasteiger partial charge on any atom is 0.230 e. The van der Waals surface area contributed by atoms with Gasteiger partial charge in [0.05, 0.1) is 0 Å². The summed E-state index contributed by atoms with van der Waals surface area (Å²) in [5.74, 6) is -0.679. The molecule has 20 heavy (non-hydrogen) atoms. The number of hydrogen-bond donors (Lipinski definition) is 1. The van der Waals surface area contributed by atoms with Crippen molar-refractivity contribution in [3.8, 4) is 0 Å². The van der Waals surface area contributed by atoms with E-state index in [0.29, 0.717) is 13.0 Å². The van der Waals surface area contributed by atoms with Crippen LogP contribution in [-0.4, -0.2) is 30.5 Å². The summed E-state index contributed by atoms with van der Waals surface area (Å²) < 4.78 is 0. The van der Waals surface area contributed by atoms with Crippen LogP contribution in [-0.2, 0) is 11.3 Å². The van der Waals surface area contributed by atoms with E-state index in [1.165, 1.54) is 0 Å². The van der Waals surface area contributed by atoms with Gasteiger partial charge in [-0.2, -0.15) is 0 Å². The summed E-state index contributed by atoms with van der Waals surface area (Å²) in [5.41, 5.74) is 2.08. The van der Waals surface area contributed by atoms with Crippen molar-refractivity contribution in [1.82, 2.24) is 5.32 Å². The molecule has 0 aliphatic heterocycles. The predicted molar refractivity (Wildman–Crippen MR) is 76.1 cm³/mol. The largest absolute Gasteiger partial charge is 0.375 e. The van der Waals surface area contributed by atoms with Gasteiger partial charge < -0.3 is 10.2 Å². The zero-order chi connectivity index (χ0) is 14.7. The van der Waals surface area contributed by atoms with Gasteiger partial charge in [0.25, 0.3) is 0 Å². The van der Waals surface area contributed by atoms with Crippen molar-refractivity contribution in [2.75, 3.05) is 18.5 Å². The lowest BCUT2D eigenvalue weighted by molar-refractivity contribution is -0.497. The Bertz CT molecular complexity index is 518. The lowest BCUT2D eigenvalue weighted by Gasteiger charge is -2.20. The first-order chi connectivity index (χ1) is 9.54. The fourth-order valence-electron chi connectivity index (χ4n) is 2.21. The smallest absolute Gasteiger partial charge is 0.230 e. The number of nitrogens with one attached hydrogen (secondary N) is 1. The third-order valence-electron chi connectivity index (χ3n) is 3.69. The van der Waals surface area contributed by atoms with Gasteiger partial charge in [-0.1, -0.05) is 18.2 Å². The van der Waals surface area contributed by atoms with Crippen molar-refractivity contribution < 1.29 is 9.72 Å². The van der Waals surface area contributed by atoms with Crippen molar-refractivity contribution >= 4 is 11.6 Å². The standard InChI is InChI=1S/C14H19N3O3/c1-3-16(2)12-7-5-4-6-10(12)9-15-14(18)11-8-13(11)17(19)20/h4-7,11,13H,3,8-9H2,1-2H3,(H,15,18)/t11-,13-/m0/s1. The maximum absolute atomic E-state index is 11.8.